The normalized spacial score (nSPS) is 12.0. The molecule has 1 heterocycles. The summed E-state index contributed by atoms with van der Waals surface area (Å²) in [4.78, 5) is 12.0. The topological polar surface area (TPSA) is 76.4 Å². The Labute approximate surface area is 123 Å². The van der Waals surface area contributed by atoms with Crippen LogP contribution in [0.2, 0.25) is 0 Å². The number of rotatable bonds is 5. The minimum absolute atomic E-state index is 0.134. The molecule has 0 saturated carbocycles. The third kappa shape index (κ3) is 3.61. The Hall–Kier alpha value is -2.34. The molecule has 2 N–H and O–H groups in total. The van der Waals surface area contributed by atoms with Crippen LogP contribution in [0.4, 0.5) is 0 Å². The molecule has 112 valence electrons. The number of benzene rings is 1. The second-order valence-corrected chi connectivity index (χ2v) is 4.79. The first-order chi connectivity index (χ1) is 10.0. The van der Waals surface area contributed by atoms with Crippen molar-refractivity contribution in [3.63, 3.8) is 0 Å². The van der Waals surface area contributed by atoms with Crippen LogP contribution >= 0.6 is 0 Å². The first-order valence-corrected chi connectivity index (χ1v) is 6.62. The summed E-state index contributed by atoms with van der Waals surface area (Å²) in [6, 6.07) is 8.78. The molecule has 6 heteroatoms. The number of aromatic nitrogens is 2. The number of carbonyl (C=O) groups is 1. The van der Waals surface area contributed by atoms with Crippen molar-refractivity contribution in [2.24, 2.45) is 7.05 Å². The van der Waals surface area contributed by atoms with Crippen molar-refractivity contribution in [1.29, 1.82) is 0 Å². The van der Waals surface area contributed by atoms with Crippen molar-refractivity contribution < 1.29 is 14.6 Å². The fourth-order valence-electron chi connectivity index (χ4n) is 2.05. The first kappa shape index (κ1) is 15.1. The number of aryl methyl sites for hydroxylation is 2. The molecule has 0 radical (unpaired) electrons. The quantitative estimate of drug-likeness (QED) is 0.867. The minimum atomic E-state index is -0.769. The summed E-state index contributed by atoms with van der Waals surface area (Å²) in [5.41, 5.74) is 1.96. The van der Waals surface area contributed by atoms with Gasteiger partial charge in [0.25, 0.3) is 5.91 Å². The van der Waals surface area contributed by atoms with Crippen LogP contribution in [0.3, 0.4) is 0 Å². The van der Waals surface area contributed by atoms with Gasteiger partial charge in [0.05, 0.1) is 18.9 Å². The maximum atomic E-state index is 12.0. The number of hydrogen-bond acceptors (Lipinski definition) is 4. The number of ether oxygens (including phenoxy) is 1. The van der Waals surface area contributed by atoms with Gasteiger partial charge in [0.15, 0.2) is 0 Å². The number of nitrogens with zero attached hydrogens (tertiary/aromatic N) is 2. The molecule has 0 fully saturated rings. The molecule has 0 bridgehead atoms. The van der Waals surface area contributed by atoms with Gasteiger partial charge in [-0.3, -0.25) is 9.48 Å². The van der Waals surface area contributed by atoms with E-state index in [1.54, 1.807) is 44.5 Å². The Morgan fingerprint density at radius 2 is 2.10 bits per heavy atom. The summed E-state index contributed by atoms with van der Waals surface area (Å²) in [5.74, 6) is 0.464. The van der Waals surface area contributed by atoms with Gasteiger partial charge < -0.3 is 15.2 Å². The summed E-state index contributed by atoms with van der Waals surface area (Å²) in [5, 5.41) is 16.9. The molecule has 1 atom stereocenters. The van der Waals surface area contributed by atoms with Crippen LogP contribution in [0.5, 0.6) is 5.75 Å². The molecule has 0 spiro atoms. The van der Waals surface area contributed by atoms with Crippen molar-refractivity contribution in [2.45, 2.75) is 13.0 Å². The molecule has 6 nitrogen and oxygen atoms in total. The van der Waals surface area contributed by atoms with Gasteiger partial charge in [-0.05, 0) is 30.7 Å². The van der Waals surface area contributed by atoms with Gasteiger partial charge in [0.2, 0.25) is 0 Å². The molecule has 0 aliphatic carbocycles. The van der Waals surface area contributed by atoms with Crippen LogP contribution in [0, 0.1) is 6.92 Å². The standard InChI is InChI=1S/C15H19N3O3/c1-10-8-13(18(2)17-10)15(20)16-9-14(19)11-4-6-12(21-3)7-5-11/h4-8,14,19H,9H2,1-3H3,(H,16,20). The largest absolute Gasteiger partial charge is 0.497 e. The van der Waals surface area contributed by atoms with E-state index in [0.717, 1.165) is 17.0 Å². The lowest BCUT2D eigenvalue weighted by Crippen LogP contribution is -2.29. The van der Waals surface area contributed by atoms with E-state index in [0.29, 0.717) is 5.69 Å². The number of nitrogens with one attached hydrogen (secondary N) is 1. The van der Waals surface area contributed by atoms with E-state index in [4.69, 9.17) is 4.74 Å². The number of aliphatic hydroxyl groups excluding tert-OH is 1. The predicted octanol–water partition coefficient (Wildman–Crippen LogP) is 1.20. The number of amides is 1. The van der Waals surface area contributed by atoms with Crippen molar-refractivity contribution in [3.8, 4) is 5.75 Å². The van der Waals surface area contributed by atoms with Crippen LogP contribution in [-0.2, 0) is 7.05 Å². The molecule has 2 aromatic rings. The van der Waals surface area contributed by atoms with E-state index in [1.807, 2.05) is 6.92 Å². The van der Waals surface area contributed by atoms with Gasteiger partial charge in [0, 0.05) is 13.6 Å². The number of methoxy groups -OCH3 is 1. The first-order valence-electron chi connectivity index (χ1n) is 6.62. The molecule has 1 aromatic carbocycles. The Balaban J connectivity index is 1.95. The van der Waals surface area contributed by atoms with E-state index >= 15 is 0 Å². The van der Waals surface area contributed by atoms with E-state index in [2.05, 4.69) is 10.4 Å². The monoisotopic (exact) mass is 289 g/mol. The lowest BCUT2D eigenvalue weighted by atomic mass is 10.1. The maximum Gasteiger partial charge on any atom is 0.269 e. The highest BCUT2D eigenvalue weighted by atomic mass is 16.5. The summed E-state index contributed by atoms with van der Waals surface area (Å²) in [6.45, 7) is 1.96. The Kier molecular flexibility index (Phi) is 4.59. The SMILES string of the molecule is COc1ccc(C(O)CNC(=O)c2cc(C)nn2C)cc1. The molecular formula is C15H19N3O3. The fourth-order valence-corrected chi connectivity index (χ4v) is 2.05. The predicted molar refractivity (Wildman–Crippen MR) is 78.2 cm³/mol. The third-order valence-corrected chi connectivity index (χ3v) is 3.19. The summed E-state index contributed by atoms with van der Waals surface area (Å²) in [6.07, 6.45) is -0.769. The van der Waals surface area contributed by atoms with Gasteiger partial charge in [-0.1, -0.05) is 12.1 Å². The molecule has 0 saturated heterocycles. The average Bonchev–Trinajstić information content (AvgIpc) is 2.83. The molecule has 0 aliphatic rings. The number of hydrogen-bond donors (Lipinski definition) is 2. The second-order valence-electron chi connectivity index (χ2n) is 4.79. The molecule has 0 aliphatic heterocycles. The lowest BCUT2D eigenvalue weighted by molar-refractivity contribution is 0.0907. The highest BCUT2D eigenvalue weighted by molar-refractivity contribution is 5.92. The zero-order valence-corrected chi connectivity index (χ0v) is 12.3. The Morgan fingerprint density at radius 3 is 2.62 bits per heavy atom. The minimum Gasteiger partial charge on any atom is -0.497 e. The highest BCUT2D eigenvalue weighted by Crippen LogP contribution is 2.17. The zero-order valence-electron chi connectivity index (χ0n) is 12.3. The number of aliphatic hydroxyl groups is 1. The third-order valence-electron chi connectivity index (χ3n) is 3.19. The fraction of sp³-hybridized carbons (Fsp3) is 0.333. The number of carbonyl (C=O) groups excluding carboxylic acids is 1. The van der Waals surface area contributed by atoms with Crippen LogP contribution in [0.1, 0.15) is 27.8 Å². The second kappa shape index (κ2) is 6.41. The van der Waals surface area contributed by atoms with Crippen molar-refractivity contribution in [3.05, 3.63) is 47.3 Å². The van der Waals surface area contributed by atoms with Gasteiger partial charge in [-0.25, -0.2) is 0 Å². The molecule has 1 amide bonds. The average molecular weight is 289 g/mol. The Morgan fingerprint density at radius 1 is 1.43 bits per heavy atom. The van der Waals surface area contributed by atoms with E-state index < -0.39 is 6.10 Å². The van der Waals surface area contributed by atoms with Gasteiger partial charge >= 0.3 is 0 Å². The van der Waals surface area contributed by atoms with Crippen LogP contribution in [0.25, 0.3) is 0 Å². The summed E-state index contributed by atoms with van der Waals surface area (Å²) >= 11 is 0. The summed E-state index contributed by atoms with van der Waals surface area (Å²) in [7, 11) is 3.29. The zero-order chi connectivity index (χ0) is 15.4. The van der Waals surface area contributed by atoms with Crippen molar-refractivity contribution in [1.82, 2.24) is 15.1 Å². The molecule has 1 aromatic heterocycles. The van der Waals surface area contributed by atoms with E-state index in [-0.39, 0.29) is 12.5 Å². The van der Waals surface area contributed by atoms with E-state index in [1.165, 1.54) is 4.68 Å². The Bertz CT molecular complexity index is 620. The van der Waals surface area contributed by atoms with Crippen LogP contribution < -0.4 is 10.1 Å². The summed E-state index contributed by atoms with van der Waals surface area (Å²) < 4.78 is 6.58. The van der Waals surface area contributed by atoms with Crippen molar-refractivity contribution in [2.75, 3.05) is 13.7 Å². The smallest absolute Gasteiger partial charge is 0.269 e. The molecule has 2 rings (SSSR count). The highest BCUT2D eigenvalue weighted by Gasteiger charge is 2.14. The van der Waals surface area contributed by atoms with Gasteiger partial charge in [0.1, 0.15) is 11.4 Å². The van der Waals surface area contributed by atoms with Gasteiger partial charge in [-0.15, -0.1) is 0 Å². The van der Waals surface area contributed by atoms with Crippen LogP contribution in [-0.4, -0.2) is 34.4 Å². The molecule has 1 unspecified atom stereocenters. The maximum absolute atomic E-state index is 12.0. The van der Waals surface area contributed by atoms with Gasteiger partial charge in [-0.2, -0.15) is 5.10 Å². The molecular weight excluding hydrogens is 270 g/mol. The van der Waals surface area contributed by atoms with E-state index in [9.17, 15) is 9.90 Å². The van der Waals surface area contributed by atoms with Crippen molar-refractivity contribution >= 4 is 5.91 Å². The lowest BCUT2D eigenvalue weighted by Gasteiger charge is -2.12. The van der Waals surface area contributed by atoms with Crippen LogP contribution in [0.15, 0.2) is 30.3 Å². The molecule has 21 heavy (non-hydrogen) atoms.